The van der Waals surface area contributed by atoms with Crippen molar-refractivity contribution in [2.45, 2.75) is 31.8 Å². The number of thioether (sulfide) groups is 1. The fourth-order valence-electron chi connectivity index (χ4n) is 1.79. The number of nitrogens with one attached hydrogen (secondary N) is 1. The van der Waals surface area contributed by atoms with E-state index in [0.29, 0.717) is 12.3 Å². The molecule has 1 aromatic heterocycles. The molecule has 1 aliphatic heterocycles. The summed E-state index contributed by atoms with van der Waals surface area (Å²) < 4.78 is 2.93. The van der Waals surface area contributed by atoms with Crippen LogP contribution in [0.4, 0.5) is 0 Å². The van der Waals surface area contributed by atoms with E-state index in [1.54, 1.807) is 11.8 Å². The van der Waals surface area contributed by atoms with Crippen LogP contribution in [0.5, 0.6) is 0 Å². The molecule has 1 fully saturated rings. The van der Waals surface area contributed by atoms with E-state index in [1.165, 1.54) is 0 Å². The van der Waals surface area contributed by atoms with Gasteiger partial charge in [-0.3, -0.25) is 14.8 Å². The highest BCUT2D eigenvalue weighted by Crippen LogP contribution is 2.24. The highest BCUT2D eigenvalue weighted by molar-refractivity contribution is 9.10. The molecule has 2 heterocycles. The Bertz CT molecular complexity index is 449. The number of hydrogen-bond acceptors (Lipinski definition) is 4. The molecule has 0 bridgehead atoms. The van der Waals surface area contributed by atoms with Crippen molar-refractivity contribution >= 4 is 33.7 Å². The van der Waals surface area contributed by atoms with Crippen molar-refractivity contribution in [3.63, 3.8) is 0 Å². The van der Waals surface area contributed by atoms with Gasteiger partial charge in [0.15, 0.2) is 0 Å². The van der Waals surface area contributed by atoms with Crippen molar-refractivity contribution in [2.75, 3.05) is 5.75 Å². The molecule has 0 aliphatic carbocycles. The molecule has 0 radical (unpaired) electrons. The SMILES string of the molecule is Cc1nn(CC2NC(C(=O)O)CS2)c(C)c1Br. The van der Waals surface area contributed by atoms with Gasteiger partial charge in [0.2, 0.25) is 0 Å². The van der Waals surface area contributed by atoms with Crippen molar-refractivity contribution in [2.24, 2.45) is 0 Å². The Kier molecular flexibility index (Phi) is 3.79. The number of aromatic nitrogens is 2. The standard InChI is InChI=1S/C10H14BrN3O2S/c1-5-9(11)6(2)14(13-5)3-8-12-7(4-17-8)10(15)16/h7-8,12H,3-4H2,1-2H3,(H,15,16). The topological polar surface area (TPSA) is 67.2 Å². The normalized spacial score (nSPS) is 24.2. The third-order valence-corrected chi connectivity index (χ3v) is 5.14. The average molecular weight is 320 g/mol. The minimum atomic E-state index is -0.783. The molecule has 7 heteroatoms. The molecule has 0 amide bonds. The second kappa shape index (κ2) is 4.99. The zero-order valence-corrected chi connectivity index (χ0v) is 12.0. The van der Waals surface area contributed by atoms with Crippen LogP contribution in [-0.2, 0) is 11.3 Å². The molecule has 0 saturated carbocycles. The third kappa shape index (κ3) is 2.66. The number of carboxylic acids is 1. The van der Waals surface area contributed by atoms with E-state index in [-0.39, 0.29) is 5.37 Å². The second-order valence-corrected chi connectivity index (χ2v) is 6.08. The molecule has 17 heavy (non-hydrogen) atoms. The van der Waals surface area contributed by atoms with Crippen LogP contribution in [0.3, 0.4) is 0 Å². The van der Waals surface area contributed by atoms with Crippen molar-refractivity contribution < 1.29 is 9.90 Å². The highest BCUT2D eigenvalue weighted by atomic mass is 79.9. The Morgan fingerprint density at radius 3 is 2.88 bits per heavy atom. The summed E-state index contributed by atoms with van der Waals surface area (Å²) in [6.45, 7) is 4.63. The molecular weight excluding hydrogens is 306 g/mol. The summed E-state index contributed by atoms with van der Waals surface area (Å²) in [5.41, 5.74) is 2.03. The van der Waals surface area contributed by atoms with Crippen molar-refractivity contribution in [1.29, 1.82) is 0 Å². The maximum atomic E-state index is 10.8. The van der Waals surface area contributed by atoms with Crippen LogP contribution < -0.4 is 5.32 Å². The van der Waals surface area contributed by atoms with E-state index >= 15 is 0 Å². The minimum Gasteiger partial charge on any atom is -0.480 e. The van der Waals surface area contributed by atoms with E-state index in [9.17, 15) is 4.79 Å². The van der Waals surface area contributed by atoms with E-state index in [4.69, 9.17) is 5.11 Å². The van der Waals surface area contributed by atoms with Crippen LogP contribution >= 0.6 is 27.7 Å². The number of hydrogen-bond donors (Lipinski definition) is 2. The van der Waals surface area contributed by atoms with E-state index in [0.717, 1.165) is 15.9 Å². The number of rotatable bonds is 3. The number of nitrogens with zero attached hydrogens (tertiary/aromatic N) is 2. The molecule has 0 aromatic carbocycles. The molecule has 1 saturated heterocycles. The summed E-state index contributed by atoms with van der Waals surface area (Å²) in [4.78, 5) is 10.8. The number of carbonyl (C=O) groups is 1. The van der Waals surface area contributed by atoms with Crippen LogP contribution in [0.25, 0.3) is 0 Å². The van der Waals surface area contributed by atoms with Gasteiger partial charge in [0.1, 0.15) is 6.04 Å². The lowest BCUT2D eigenvalue weighted by molar-refractivity contribution is -0.138. The van der Waals surface area contributed by atoms with Gasteiger partial charge in [-0.15, -0.1) is 11.8 Å². The first kappa shape index (κ1) is 12.9. The Morgan fingerprint density at radius 1 is 1.71 bits per heavy atom. The Hall–Kier alpha value is -0.530. The van der Waals surface area contributed by atoms with Gasteiger partial charge in [-0.05, 0) is 29.8 Å². The summed E-state index contributed by atoms with van der Waals surface area (Å²) in [5, 5.41) is 16.5. The maximum Gasteiger partial charge on any atom is 0.321 e. The Balaban J connectivity index is 2.03. The largest absolute Gasteiger partial charge is 0.480 e. The molecule has 1 aliphatic rings. The molecule has 2 unspecified atom stereocenters. The lowest BCUT2D eigenvalue weighted by atomic mass is 10.3. The molecule has 94 valence electrons. The molecule has 2 atom stereocenters. The molecule has 2 N–H and O–H groups in total. The minimum absolute atomic E-state index is 0.112. The van der Waals surface area contributed by atoms with Crippen LogP contribution in [-0.4, -0.2) is 38.0 Å². The maximum absolute atomic E-state index is 10.8. The number of carboxylic acid groups (broad SMARTS) is 1. The van der Waals surface area contributed by atoms with Gasteiger partial charge >= 0.3 is 5.97 Å². The van der Waals surface area contributed by atoms with Crippen molar-refractivity contribution in [3.05, 3.63) is 15.9 Å². The smallest absolute Gasteiger partial charge is 0.321 e. The predicted molar refractivity (Wildman–Crippen MR) is 70.2 cm³/mol. The van der Waals surface area contributed by atoms with Crippen LogP contribution in [0.15, 0.2) is 4.47 Å². The fourth-order valence-corrected chi connectivity index (χ4v) is 3.25. The van der Waals surface area contributed by atoms with Gasteiger partial charge in [-0.2, -0.15) is 5.10 Å². The molecule has 0 spiro atoms. The van der Waals surface area contributed by atoms with Gasteiger partial charge in [0.25, 0.3) is 0 Å². The summed E-state index contributed by atoms with van der Waals surface area (Å²) in [6.07, 6.45) is 0. The van der Waals surface area contributed by atoms with Crippen LogP contribution in [0, 0.1) is 13.8 Å². The predicted octanol–water partition coefficient (Wildman–Crippen LogP) is 1.38. The van der Waals surface area contributed by atoms with E-state index < -0.39 is 12.0 Å². The van der Waals surface area contributed by atoms with Crippen molar-refractivity contribution in [1.82, 2.24) is 15.1 Å². The Labute approximate surface area is 112 Å². The lowest BCUT2D eigenvalue weighted by Gasteiger charge is -2.12. The summed E-state index contributed by atoms with van der Waals surface area (Å²) in [6, 6.07) is -0.439. The summed E-state index contributed by atoms with van der Waals surface area (Å²) in [5.74, 6) is -0.171. The second-order valence-electron chi connectivity index (χ2n) is 4.05. The van der Waals surface area contributed by atoms with Crippen LogP contribution in [0.1, 0.15) is 11.4 Å². The first-order valence-electron chi connectivity index (χ1n) is 5.29. The van der Waals surface area contributed by atoms with E-state index in [2.05, 4.69) is 26.3 Å². The zero-order chi connectivity index (χ0) is 12.6. The molecule has 2 rings (SSSR count). The Morgan fingerprint density at radius 2 is 2.41 bits per heavy atom. The fraction of sp³-hybridized carbons (Fsp3) is 0.600. The zero-order valence-electron chi connectivity index (χ0n) is 9.61. The first-order chi connectivity index (χ1) is 7.99. The highest BCUT2D eigenvalue weighted by Gasteiger charge is 2.30. The summed E-state index contributed by atoms with van der Waals surface area (Å²) in [7, 11) is 0. The molecular formula is C10H14BrN3O2S. The van der Waals surface area contributed by atoms with Crippen molar-refractivity contribution in [3.8, 4) is 0 Å². The third-order valence-electron chi connectivity index (χ3n) is 2.78. The lowest BCUT2D eigenvalue weighted by Crippen LogP contribution is -2.38. The van der Waals surface area contributed by atoms with Gasteiger partial charge in [-0.25, -0.2) is 0 Å². The average Bonchev–Trinajstić information content (AvgIpc) is 2.82. The van der Waals surface area contributed by atoms with Crippen LogP contribution in [0.2, 0.25) is 0 Å². The summed E-state index contributed by atoms with van der Waals surface area (Å²) >= 11 is 5.11. The number of aryl methyl sites for hydroxylation is 1. The first-order valence-corrected chi connectivity index (χ1v) is 7.13. The van der Waals surface area contributed by atoms with Gasteiger partial charge in [-0.1, -0.05) is 0 Å². The molecule has 5 nitrogen and oxygen atoms in total. The number of aliphatic carboxylic acids is 1. The van der Waals surface area contributed by atoms with Gasteiger partial charge < -0.3 is 5.11 Å². The van der Waals surface area contributed by atoms with Gasteiger partial charge in [0.05, 0.1) is 22.1 Å². The monoisotopic (exact) mass is 319 g/mol. The van der Waals surface area contributed by atoms with E-state index in [1.807, 2.05) is 18.5 Å². The number of halogens is 1. The molecule has 1 aromatic rings. The van der Waals surface area contributed by atoms with Gasteiger partial charge in [0, 0.05) is 11.4 Å². The quantitative estimate of drug-likeness (QED) is 0.881.